The van der Waals surface area contributed by atoms with Gasteiger partial charge in [-0.25, -0.2) is 0 Å². The van der Waals surface area contributed by atoms with E-state index in [1.54, 1.807) is 0 Å². The Morgan fingerprint density at radius 1 is 1.43 bits per heavy atom. The second-order valence-electron chi connectivity index (χ2n) is 3.47. The van der Waals surface area contributed by atoms with Crippen molar-refractivity contribution in [3.63, 3.8) is 0 Å². The molecule has 0 saturated carbocycles. The normalized spacial score (nSPS) is 19.3. The summed E-state index contributed by atoms with van der Waals surface area (Å²) >= 11 is 0. The number of hydrogen-bond donors (Lipinski definition) is 0. The van der Waals surface area contributed by atoms with Gasteiger partial charge in [0.15, 0.2) is 0 Å². The number of aryl methyl sites for hydroxylation is 1. The number of hydrogen-bond acceptors (Lipinski definition) is 1. The van der Waals surface area contributed by atoms with Gasteiger partial charge in [-0.1, -0.05) is 19.9 Å². The zero-order chi connectivity index (χ0) is 10.6. The molecule has 2 heteroatoms. The van der Waals surface area contributed by atoms with Crippen LogP contribution in [0.25, 0.3) is 6.08 Å². The van der Waals surface area contributed by atoms with E-state index in [1.165, 1.54) is 11.6 Å². The highest BCUT2D eigenvalue weighted by molar-refractivity contribution is 5.22. The molecule has 0 aromatic carbocycles. The lowest BCUT2D eigenvalue weighted by atomic mass is 10.2. The number of nitrogens with zero attached hydrogens (tertiary/aromatic N) is 2. The van der Waals surface area contributed by atoms with Crippen molar-refractivity contribution >= 4 is 6.08 Å². The van der Waals surface area contributed by atoms with Gasteiger partial charge in [0, 0.05) is 24.5 Å². The van der Waals surface area contributed by atoms with Crippen molar-refractivity contribution in [3.8, 4) is 0 Å². The molecule has 0 aliphatic carbocycles. The van der Waals surface area contributed by atoms with Crippen LogP contribution >= 0.6 is 0 Å². The van der Waals surface area contributed by atoms with Crippen LogP contribution in [0.2, 0.25) is 0 Å². The predicted molar refractivity (Wildman–Crippen MR) is 60.7 cm³/mol. The fourth-order valence-electron chi connectivity index (χ4n) is 1.62. The molecule has 1 aliphatic heterocycles. The van der Waals surface area contributed by atoms with Crippen LogP contribution in [0.5, 0.6) is 0 Å². The molecule has 14 heavy (non-hydrogen) atoms. The second-order valence-corrected chi connectivity index (χ2v) is 3.47. The molecule has 0 fully saturated rings. The maximum atomic E-state index is 4.63. The monoisotopic (exact) mass is 192 g/mol. The molecule has 0 radical (unpaired) electrons. The minimum absolute atomic E-state index is 0.469. The molecular formula is C12H20N2. The molecular weight excluding hydrogens is 172 g/mol. The molecule has 1 aromatic heterocycles. The van der Waals surface area contributed by atoms with E-state index in [2.05, 4.69) is 34.8 Å². The minimum atomic E-state index is 0.469. The fraction of sp³-hybridized carbons (Fsp3) is 0.583. The van der Waals surface area contributed by atoms with Gasteiger partial charge in [-0.15, -0.1) is 0 Å². The molecule has 2 rings (SSSR count). The van der Waals surface area contributed by atoms with Crippen LogP contribution in [0.3, 0.4) is 0 Å². The van der Waals surface area contributed by atoms with E-state index in [9.17, 15) is 0 Å². The summed E-state index contributed by atoms with van der Waals surface area (Å²) in [6, 6.07) is 2.60. The van der Waals surface area contributed by atoms with Gasteiger partial charge in [0.05, 0.1) is 0 Å². The predicted octanol–water partition coefficient (Wildman–Crippen LogP) is 1.63. The molecule has 78 valence electrons. The lowest BCUT2D eigenvalue weighted by Gasteiger charge is -2.00. The van der Waals surface area contributed by atoms with E-state index >= 15 is 0 Å². The van der Waals surface area contributed by atoms with E-state index in [1.807, 2.05) is 20.9 Å². The largest absolute Gasteiger partial charge is 0.336 e. The van der Waals surface area contributed by atoms with Gasteiger partial charge in [0.25, 0.3) is 0 Å². The van der Waals surface area contributed by atoms with Crippen molar-refractivity contribution in [1.82, 2.24) is 4.57 Å². The number of fused-ring (bicyclic) bond motifs is 1. The Labute approximate surface area is 86.0 Å². The summed E-state index contributed by atoms with van der Waals surface area (Å²) in [6.07, 6.45) is 6.68. The average Bonchev–Trinajstić information content (AvgIpc) is 2.45. The summed E-state index contributed by atoms with van der Waals surface area (Å²) in [7, 11) is 2.05. The van der Waals surface area contributed by atoms with Crippen LogP contribution in [-0.4, -0.2) is 10.6 Å². The first-order valence-corrected chi connectivity index (χ1v) is 5.47. The first-order valence-electron chi connectivity index (χ1n) is 5.47. The van der Waals surface area contributed by atoms with Crippen LogP contribution in [0.15, 0.2) is 17.3 Å². The van der Waals surface area contributed by atoms with E-state index in [4.69, 9.17) is 0 Å². The maximum Gasteiger partial charge on any atom is 0.134 e. The molecule has 0 saturated heterocycles. The van der Waals surface area contributed by atoms with Gasteiger partial charge < -0.3 is 4.57 Å². The molecule has 0 bridgehead atoms. The Bertz CT molecular complexity index is 387. The summed E-state index contributed by atoms with van der Waals surface area (Å²) in [5.74, 6) is 0. The van der Waals surface area contributed by atoms with Crippen LogP contribution in [0.1, 0.15) is 33.6 Å². The highest BCUT2D eigenvalue weighted by Crippen LogP contribution is 2.02. The third-order valence-electron chi connectivity index (χ3n) is 2.36. The molecule has 0 N–H and O–H groups in total. The standard InChI is InChI=1S/C10H14N2.C2H6/c1-8-4-3-5-9-6-7-12(2)10(9)11-8;1-2/h5-8H,3-4H2,1-2H3;1-2H3. The molecule has 0 amide bonds. The molecule has 1 aliphatic rings. The Kier molecular flexibility index (Phi) is 3.93. The Morgan fingerprint density at radius 3 is 2.86 bits per heavy atom. The average molecular weight is 192 g/mol. The van der Waals surface area contributed by atoms with Gasteiger partial charge in [0.1, 0.15) is 5.49 Å². The van der Waals surface area contributed by atoms with E-state index in [0.29, 0.717) is 6.04 Å². The summed E-state index contributed by atoms with van der Waals surface area (Å²) in [6.45, 7) is 6.18. The van der Waals surface area contributed by atoms with E-state index < -0.39 is 0 Å². The third-order valence-corrected chi connectivity index (χ3v) is 2.36. The summed E-state index contributed by atoms with van der Waals surface area (Å²) in [5, 5.41) is 1.29. The Morgan fingerprint density at radius 2 is 2.14 bits per heavy atom. The summed E-state index contributed by atoms with van der Waals surface area (Å²) in [4.78, 5) is 4.63. The molecule has 0 spiro atoms. The van der Waals surface area contributed by atoms with Gasteiger partial charge in [-0.05, 0) is 25.8 Å². The summed E-state index contributed by atoms with van der Waals surface area (Å²) < 4.78 is 2.09. The van der Waals surface area contributed by atoms with Crippen molar-refractivity contribution in [2.75, 3.05) is 0 Å². The SMILES string of the molecule is CC.CC1CCC=c2ccn(C)c2=N1. The molecule has 1 atom stereocenters. The van der Waals surface area contributed by atoms with Crippen molar-refractivity contribution in [1.29, 1.82) is 0 Å². The van der Waals surface area contributed by atoms with Crippen molar-refractivity contribution < 1.29 is 0 Å². The first-order chi connectivity index (χ1) is 6.77. The van der Waals surface area contributed by atoms with Crippen LogP contribution in [0, 0.1) is 0 Å². The van der Waals surface area contributed by atoms with E-state index in [0.717, 1.165) is 11.9 Å². The summed E-state index contributed by atoms with van der Waals surface area (Å²) in [5.41, 5.74) is 1.14. The minimum Gasteiger partial charge on any atom is -0.336 e. The lowest BCUT2D eigenvalue weighted by molar-refractivity contribution is 0.659. The second kappa shape index (κ2) is 4.99. The quantitative estimate of drug-likeness (QED) is 0.594. The van der Waals surface area contributed by atoms with Crippen molar-refractivity contribution in [2.45, 2.75) is 39.7 Å². The molecule has 1 aromatic rings. The zero-order valence-corrected chi connectivity index (χ0v) is 9.62. The highest BCUT2D eigenvalue weighted by Gasteiger charge is 2.03. The number of aromatic nitrogens is 1. The third kappa shape index (κ3) is 2.25. The fourth-order valence-corrected chi connectivity index (χ4v) is 1.62. The van der Waals surface area contributed by atoms with Gasteiger partial charge in [-0.3, -0.25) is 4.99 Å². The van der Waals surface area contributed by atoms with Crippen molar-refractivity contribution in [3.05, 3.63) is 23.0 Å². The van der Waals surface area contributed by atoms with E-state index in [-0.39, 0.29) is 0 Å². The topological polar surface area (TPSA) is 17.3 Å². The zero-order valence-electron chi connectivity index (χ0n) is 9.62. The van der Waals surface area contributed by atoms with Crippen LogP contribution < -0.4 is 10.7 Å². The van der Waals surface area contributed by atoms with Gasteiger partial charge in [-0.2, -0.15) is 0 Å². The van der Waals surface area contributed by atoms with Crippen LogP contribution in [0.4, 0.5) is 0 Å². The molecule has 2 heterocycles. The van der Waals surface area contributed by atoms with Gasteiger partial charge >= 0.3 is 0 Å². The van der Waals surface area contributed by atoms with Gasteiger partial charge in [0.2, 0.25) is 0 Å². The smallest absolute Gasteiger partial charge is 0.134 e. The molecule has 1 unspecified atom stereocenters. The molecule has 2 nitrogen and oxygen atoms in total. The Balaban J connectivity index is 0.000000461. The lowest BCUT2D eigenvalue weighted by Crippen LogP contribution is -2.28. The van der Waals surface area contributed by atoms with Crippen LogP contribution in [-0.2, 0) is 7.05 Å². The van der Waals surface area contributed by atoms with Crippen molar-refractivity contribution in [2.24, 2.45) is 12.0 Å². The maximum absolute atomic E-state index is 4.63. The number of rotatable bonds is 0. The first kappa shape index (κ1) is 11.0. The Hall–Kier alpha value is -1.05. The highest BCUT2D eigenvalue weighted by atomic mass is 15.0.